The van der Waals surface area contributed by atoms with E-state index >= 15 is 0 Å². The third-order valence-corrected chi connectivity index (χ3v) is 6.28. The van der Waals surface area contributed by atoms with E-state index in [1.165, 1.54) is 46.3 Å². The molecular weight excluding hydrogens is 362 g/mol. The molecule has 1 atom stereocenters. The first-order chi connectivity index (χ1) is 14.4. The Balaban J connectivity index is 3.40. The molecule has 0 radical (unpaired) electrons. The maximum absolute atomic E-state index is 4.48. The van der Waals surface area contributed by atoms with Gasteiger partial charge in [0.25, 0.3) is 0 Å². The molecular formula is C29H45N. The molecule has 1 nitrogen and oxygen atoms in total. The molecule has 0 aromatic heterocycles. The summed E-state index contributed by atoms with van der Waals surface area (Å²) in [7, 11) is 2.02. The minimum absolute atomic E-state index is 0.467. The highest BCUT2D eigenvalue weighted by Gasteiger charge is 2.16. The lowest BCUT2D eigenvalue weighted by Gasteiger charge is -2.22. The molecule has 0 aliphatic heterocycles. The zero-order chi connectivity index (χ0) is 22.5. The van der Waals surface area contributed by atoms with Gasteiger partial charge in [0.2, 0.25) is 0 Å². The van der Waals surface area contributed by atoms with Gasteiger partial charge in [-0.05, 0) is 94.5 Å². The van der Waals surface area contributed by atoms with Crippen LogP contribution in [0.4, 0.5) is 0 Å². The molecule has 1 unspecified atom stereocenters. The Bertz CT molecular complexity index is 743. The molecule has 0 saturated carbocycles. The van der Waals surface area contributed by atoms with Gasteiger partial charge in [0, 0.05) is 6.54 Å². The summed E-state index contributed by atoms with van der Waals surface area (Å²) < 4.78 is 0. The first-order valence-electron chi connectivity index (χ1n) is 11.8. The normalized spacial score (nSPS) is 14.5. The Morgan fingerprint density at radius 1 is 1.03 bits per heavy atom. The highest BCUT2D eigenvalue weighted by atomic mass is 14.8. The number of rotatable bonds is 13. The van der Waals surface area contributed by atoms with Gasteiger partial charge in [-0.2, -0.15) is 0 Å². The fraction of sp³-hybridized carbons (Fsp3) is 0.517. The van der Waals surface area contributed by atoms with Crippen LogP contribution in [0, 0.1) is 12.8 Å². The van der Waals surface area contributed by atoms with Crippen molar-refractivity contribution in [3.05, 3.63) is 76.4 Å². The summed E-state index contributed by atoms with van der Waals surface area (Å²) in [5.74, 6) is 0.467. The van der Waals surface area contributed by atoms with Gasteiger partial charge in [0.1, 0.15) is 0 Å². The number of hydrogen-bond donors (Lipinski definition) is 1. The van der Waals surface area contributed by atoms with Gasteiger partial charge in [-0.25, -0.2) is 0 Å². The Hall–Kier alpha value is -1.86. The minimum Gasteiger partial charge on any atom is -0.319 e. The van der Waals surface area contributed by atoms with Crippen molar-refractivity contribution in [1.82, 2.24) is 5.32 Å². The van der Waals surface area contributed by atoms with Crippen molar-refractivity contribution >= 4 is 5.57 Å². The van der Waals surface area contributed by atoms with E-state index in [2.05, 4.69) is 89.9 Å². The first-order valence-corrected chi connectivity index (χ1v) is 11.8. The van der Waals surface area contributed by atoms with Gasteiger partial charge < -0.3 is 5.32 Å². The predicted molar refractivity (Wildman–Crippen MR) is 137 cm³/mol. The minimum atomic E-state index is 0.467. The van der Waals surface area contributed by atoms with Crippen LogP contribution in [0.3, 0.4) is 0 Å². The lowest BCUT2D eigenvalue weighted by Crippen LogP contribution is -2.18. The first kappa shape index (κ1) is 26.2. The second-order valence-corrected chi connectivity index (χ2v) is 8.44. The van der Waals surface area contributed by atoms with Crippen LogP contribution in [0.15, 0.2) is 65.3 Å². The topological polar surface area (TPSA) is 12.0 Å². The summed E-state index contributed by atoms with van der Waals surface area (Å²) in [4.78, 5) is 0. The van der Waals surface area contributed by atoms with E-state index in [9.17, 15) is 0 Å². The molecule has 0 spiro atoms. The summed E-state index contributed by atoms with van der Waals surface area (Å²) in [6.07, 6.45) is 11.3. The number of hydrogen-bond acceptors (Lipinski definition) is 1. The average molecular weight is 408 g/mol. The van der Waals surface area contributed by atoms with Crippen molar-refractivity contribution in [2.75, 3.05) is 13.6 Å². The molecule has 0 amide bonds. The van der Waals surface area contributed by atoms with Crippen molar-refractivity contribution in [2.24, 2.45) is 5.92 Å². The van der Waals surface area contributed by atoms with Crippen LogP contribution < -0.4 is 5.32 Å². The van der Waals surface area contributed by atoms with Crippen LogP contribution in [-0.4, -0.2) is 13.6 Å². The fourth-order valence-corrected chi connectivity index (χ4v) is 4.10. The molecule has 30 heavy (non-hydrogen) atoms. The van der Waals surface area contributed by atoms with Crippen LogP contribution in [0.1, 0.15) is 84.3 Å². The second-order valence-electron chi connectivity index (χ2n) is 8.44. The van der Waals surface area contributed by atoms with Crippen molar-refractivity contribution in [2.45, 2.75) is 80.1 Å². The fourth-order valence-electron chi connectivity index (χ4n) is 4.10. The third kappa shape index (κ3) is 8.11. The van der Waals surface area contributed by atoms with E-state index in [0.717, 1.165) is 32.2 Å². The molecule has 0 saturated heterocycles. The quantitative estimate of drug-likeness (QED) is 0.255. The highest BCUT2D eigenvalue weighted by molar-refractivity contribution is 5.73. The Kier molecular flexibility index (Phi) is 12.4. The van der Waals surface area contributed by atoms with Crippen molar-refractivity contribution < 1.29 is 0 Å². The zero-order valence-corrected chi connectivity index (χ0v) is 20.7. The SMILES string of the molecule is C=C(CC(C(=CC)CC)=C(CCCC(=CC)CC)c1ccc(C)cc1)C(C)CNC. The lowest BCUT2D eigenvalue weighted by atomic mass is 9.83. The summed E-state index contributed by atoms with van der Waals surface area (Å²) in [5.41, 5.74) is 10.0. The molecule has 1 aromatic carbocycles. The highest BCUT2D eigenvalue weighted by Crippen LogP contribution is 2.35. The molecule has 166 valence electrons. The van der Waals surface area contributed by atoms with Gasteiger partial charge >= 0.3 is 0 Å². The van der Waals surface area contributed by atoms with Crippen LogP contribution >= 0.6 is 0 Å². The monoisotopic (exact) mass is 407 g/mol. The van der Waals surface area contributed by atoms with Crippen LogP contribution in [0.5, 0.6) is 0 Å². The molecule has 0 aliphatic carbocycles. The summed E-state index contributed by atoms with van der Waals surface area (Å²) >= 11 is 0. The van der Waals surface area contributed by atoms with Gasteiger partial charge in [-0.3, -0.25) is 0 Å². The van der Waals surface area contributed by atoms with Crippen LogP contribution in [0.25, 0.3) is 5.57 Å². The van der Waals surface area contributed by atoms with Crippen molar-refractivity contribution in [3.8, 4) is 0 Å². The average Bonchev–Trinajstić information content (AvgIpc) is 2.75. The van der Waals surface area contributed by atoms with Crippen molar-refractivity contribution in [3.63, 3.8) is 0 Å². The number of aryl methyl sites for hydroxylation is 1. The molecule has 1 heteroatoms. The van der Waals surface area contributed by atoms with E-state index < -0.39 is 0 Å². The van der Waals surface area contributed by atoms with E-state index in [-0.39, 0.29) is 0 Å². The Morgan fingerprint density at radius 2 is 1.70 bits per heavy atom. The van der Waals surface area contributed by atoms with E-state index in [0.29, 0.717) is 5.92 Å². The number of nitrogens with one attached hydrogen (secondary N) is 1. The smallest absolute Gasteiger partial charge is 0.00112 e. The van der Waals surface area contributed by atoms with Gasteiger partial charge in [-0.15, -0.1) is 0 Å². The maximum Gasteiger partial charge on any atom is 0.00112 e. The lowest BCUT2D eigenvalue weighted by molar-refractivity contribution is 0.608. The van der Waals surface area contributed by atoms with E-state index in [1.807, 2.05) is 7.05 Å². The van der Waals surface area contributed by atoms with Gasteiger partial charge in [0.15, 0.2) is 0 Å². The molecule has 0 bridgehead atoms. The number of benzene rings is 1. The zero-order valence-electron chi connectivity index (χ0n) is 20.7. The predicted octanol–water partition coefficient (Wildman–Crippen LogP) is 8.43. The molecule has 1 aromatic rings. The summed E-state index contributed by atoms with van der Waals surface area (Å²) in [6.45, 7) is 18.8. The third-order valence-electron chi connectivity index (χ3n) is 6.28. The van der Waals surface area contributed by atoms with E-state index in [4.69, 9.17) is 0 Å². The van der Waals surface area contributed by atoms with Gasteiger partial charge in [0.05, 0.1) is 0 Å². The number of allylic oxidation sites excluding steroid dienone is 6. The molecule has 0 aliphatic rings. The van der Waals surface area contributed by atoms with Gasteiger partial charge in [-0.1, -0.05) is 80.5 Å². The molecule has 1 N–H and O–H groups in total. The Morgan fingerprint density at radius 3 is 2.20 bits per heavy atom. The van der Waals surface area contributed by atoms with Crippen LogP contribution in [0.2, 0.25) is 0 Å². The maximum atomic E-state index is 4.48. The summed E-state index contributed by atoms with van der Waals surface area (Å²) in [5, 5.41) is 3.31. The molecule has 0 heterocycles. The largest absolute Gasteiger partial charge is 0.319 e. The molecule has 1 rings (SSSR count). The van der Waals surface area contributed by atoms with E-state index in [1.54, 1.807) is 5.57 Å². The second kappa shape index (κ2) is 14.2. The molecule has 0 fully saturated rings. The van der Waals surface area contributed by atoms with Crippen LogP contribution in [-0.2, 0) is 0 Å². The Labute approximate surface area is 187 Å². The summed E-state index contributed by atoms with van der Waals surface area (Å²) in [6, 6.07) is 9.11. The standard InChI is InChI=1S/C29H45N/c1-9-25(10-2)14-13-15-28(27-18-16-22(5)17-19-27)29(26(11-3)12-4)20-23(6)24(7)21-30-8/h9,11,16-19,24,30H,6,10,12-15,20-21H2,1-5,7-8H3. The van der Waals surface area contributed by atoms with Crippen molar-refractivity contribution in [1.29, 1.82) is 0 Å².